The van der Waals surface area contributed by atoms with Crippen molar-refractivity contribution >= 4 is 18.5 Å². The Kier molecular flexibility index (Phi) is 4.84. The molecule has 3 N–H and O–H groups in total. The van der Waals surface area contributed by atoms with Crippen molar-refractivity contribution in [1.29, 1.82) is 0 Å². The Morgan fingerprint density at radius 3 is 1.07 bits per heavy atom. The fraction of sp³-hybridized carbons (Fsp3) is 0.500. The van der Waals surface area contributed by atoms with Gasteiger partial charge < -0.3 is 0 Å². The van der Waals surface area contributed by atoms with Crippen LogP contribution in [0, 0.1) is 0 Å². The normalized spacial score (nSPS) is 21.1. The van der Waals surface area contributed by atoms with E-state index < -0.39 is 54.0 Å². The number of hydrogen-bond donors (Lipinski definition) is 3. The van der Waals surface area contributed by atoms with Crippen molar-refractivity contribution in [3.8, 4) is 0 Å². The number of fused-ring (bicyclic) bond motifs is 1. The molecule has 3 nitrogen and oxygen atoms in total. The molecule has 0 amide bonds. The van der Waals surface area contributed by atoms with Crippen LogP contribution in [-0.4, -0.2) is 40.4 Å². The minimum absolute atomic E-state index is 0.372. The van der Waals surface area contributed by atoms with Crippen LogP contribution in [0.5, 0.6) is 0 Å². The third-order valence-corrected chi connectivity index (χ3v) is 8.27. The quantitative estimate of drug-likeness (QED) is 0.337. The molecule has 0 radical (unpaired) electrons. The number of anilines is 2. The van der Waals surface area contributed by atoms with E-state index >= 15 is 0 Å². The molecule has 0 spiro atoms. The second kappa shape index (κ2) is 5.93. The summed E-state index contributed by atoms with van der Waals surface area (Å²) < 4.78 is 187. The molecule has 1 heterocycles. The average Bonchev–Trinajstić information content (AvgIpc) is 2.88. The fourth-order valence-electron chi connectivity index (χ4n) is 2.52. The van der Waals surface area contributed by atoms with E-state index in [9.17, 15) is 66.4 Å². The Balaban J connectivity index is 2.97. The summed E-state index contributed by atoms with van der Waals surface area (Å²) in [7, 11) is -9.51. The van der Waals surface area contributed by atoms with Gasteiger partial charge in [-0.15, -0.1) is 0 Å². The van der Waals surface area contributed by atoms with Crippen LogP contribution in [0.25, 0.3) is 0 Å². The molecule has 2 rings (SSSR count). The van der Waals surface area contributed by atoms with E-state index in [1.165, 1.54) is 0 Å². The molecule has 0 aliphatic carbocycles. The van der Waals surface area contributed by atoms with E-state index in [0.29, 0.717) is 22.3 Å². The standard InChI is InChI=1S/C12H7F14N2OP/c13-7(14,9(17,18)19)11(23,24)30(29,12(25,26)8(15,16)10(20,21)22)27-5-3-1-2-4-6(5)28-30/h1-4,27-29H. The number of para-hydroxylation sites is 2. The van der Waals surface area contributed by atoms with Gasteiger partial charge in [-0.3, -0.25) is 0 Å². The Morgan fingerprint density at radius 2 is 0.833 bits per heavy atom. The van der Waals surface area contributed by atoms with E-state index in [-0.39, 0.29) is 0 Å². The molecule has 1 aromatic carbocycles. The van der Waals surface area contributed by atoms with Crippen molar-refractivity contribution in [2.75, 3.05) is 10.2 Å². The zero-order valence-electron chi connectivity index (χ0n) is 13.5. The molecule has 174 valence electrons. The van der Waals surface area contributed by atoms with E-state index in [1.807, 2.05) is 0 Å². The van der Waals surface area contributed by atoms with Crippen molar-refractivity contribution < 1.29 is 66.4 Å². The summed E-state index contributed by atoms with van der Waals surface area (Å²) in [6.45, 7) is 0. The molecule has 0 saturated carbocycles. The maximum absolute atomic E-state index is 14.5. The SMILES string of the molecule is OP1(C(F)(F)C(F)(F)C(F)(F)F)(C(F)(F)C(F)(F)C(F)(F)F)Nc2ccccc2N1. The number of hydrogen-bond acceptors (Lipinski definition) is 3. The Hall–Kier alpha value is -1.77. The summed E-state index contributed by atoms with van der Waals surface area (Å²) >= 11 is 0. The molecule has 0 bridgehead atoms. The first-order valence-electron chi connectivity index (χ1n) is 7.07. The van der Waals surface area contributed by atoms with Gasteiger partial charge in [0, 0.05) is 0 Å². The summed E-state index contributed by atoms with van der Waals surface area (Å²) in [5, 5.41) is 0.753. The van der Waals surface area contributed by atoms with Crippen LogP contribution < -0.4 is 10.2 Å². The second-order valence-electron chi connectivity index (χ2n) is 6.07. The van der Waals surface area contributed by atoms with Gasteiger partial charge in [0.1, 0.15) is 0 Å². The topological polar surface area (TPSA) is 44.3 Å². The van der Waals surface area contributed by atoms with E-state index in [1.54, 1.807) is 0 Å². The Labute approximate surface area is 156 Å². The minimum atomic E-state index is -9.51. The number of alkyl halides is 14. The zero-order chi connectivity index (χ0) is 23.8. The van der Waals surface area contributed by atoms with Crippen LogP contribution in [-0.2, 0) is 0 Å². The molecule has 0 atom stereocenters. The van der Waals surface area contributed by atoms with Gasteiger partial charge in [-0.25, -0.2) is 0 Å². The van der Waals surface area contributed by atoms with Gasteiger partial charge in [-0.05, 0) is 0 Å². The van der Waals surface area contributed by atoms with Crippen molar-refractivity contribution in [1.82, 2.24) is 0 Å². The van der Waals surface area contributed by atoms with Crippen LogP contribution in [0.2, 0.25) is 0 Å². The third-order valence-electron chi connectivity index (χ3n) is 4.16. The average molecular weight is 492 g/mol. The molecular weight excluding hydrogens is 485 g/mol. The fourth-order valence-corrected chi connectivity index (χ4v) is 6.17. The van der Waals surface area contributed by atoms with Crippen molar-refractivity contribution in [3.63, 3.8) is 0 Å². The maximum atomic E-state index is 14.5. The van der Waals surface area contributed by atoms with E-state index in [0.717, 1.165) is 12.1 Å². The summed E-state index contributed by atoms with van der Waals surface area (Å²) in [6.07, 6.45) is -14.9. The van der Waals surface area contributed by atoms with Crippen molar-refractivity contribution in [3.05, 3.63) is 24.3 Å². The first-order valence-corrected chi connectivity index (χ1v) is 9.26. The predicted molar refractivity (Wildman–Crippen MR) is 74.7 cm³/mol. The molecule has 1 aliphatic heterocycles. The van der Waals surface area contributed by atoms with Gasteiger partial charge >= 0.3 is 155 Å². The first kappa shape index (κ1) is 24.5. The number of halogens is 14. The monoisotopic (exact) mass is 492 g/mol. The first-order chi connectivity index (χ1) is 13.0. The zero-order valence-corrected chi connectivity index (χ0v) is 14.4. The molecule has 0 saturated heterocycles. The molecular formula is C12H7F14N2OP. The molecule has 30 heavy (non-hydrogen) atoms. The number of benzene rings is 1. The van der Waals surface area contributed by atoms with Crippen molar-refractivity contribution in [2.24, 2.45) is 0 Å². The van der Waals surface area contributed by atoms with Gasteiger partial charge in [0.25, 0.3) is 0 Å². The van der Waals surface area contributed by atoms with Gasteiger partial charge in [-0.2, -0.15) is 0 Å². The summed E-state index contributed by atoms with van der Waals surface area (Å²) in [5.41, 5.74) is -18.0. The molecule has 0 fully saturated rings. The van der Waals surface area contributed by atoms with Crippen LogP contribution in [0.3, 0.4) is 0 Å². The Bertz CT molecular complexity index is 781. The van der Waals surface area contributed by atoms with Crippen LogP contribution in [0.1, 0.15) is 0 Å². The predicted octanol–water partition coefficient (Wildman–Crippen LogP) is 6.40. The summed E-state index contributed by atoms with van der Waals surface area (Å²) in [6, 6.07) is 2.22. The van der Waals surface area contributed by atoms with Crippen LogP contribution >= 0.6 is 7.13 Å². The summed E-state index contributed by atoms with van der Waals surface area (Å²) in [5.74, 6) is -15.4. The molecule has 0 aromatic heterocycles. The van der Waals surface area contributed by atoms with Gasteiger partial charge in [0.15, 0.2) is 0 Å². The Morgan fingerprint density at radius 1 is 0.567 bits per heavy atom. The van der Waals surface area contributed by atoms with E-state index in [4.69, 9.17) is 0 Å². The third kappa shape index (κ3) is 2.53. The van der Waals surface area contributed by atoms with Gasteiger partial charge in [-0.1, -0.05) is 0 Å². The number of rotatable bonds is 4. The molecule has 1 aromatic rings. The number of nitrogens with one attached hydrogen (secondary N) is 2. The van der Waals surface area contributed by atoms with Gasteiger partial charge in [0.05, 0.1) is 0 Å². The molecule has 18 heteroatoms. The van der Waals surface area contributed by atoms with Crippen LogP contribution in [0.15, 0.2) is 24.3 Å². The van der Waals surface area contributed by atoms with E-state index in [2.05, 4.69) is 0 Å². The molecule has 0 unspecified atom stereocenters. The molecule has 1 aliphatic rings. The summed E-state index contributed by atoms with van der Waals surface area (Å²) in [4.78, 5) is 10.1. The van der Waals surface area contributed by atoms with Crippen molar-refractivity contribution in [2.45, 2.75) is 35.5 Å². The van der Waals surface area contributed by atoms with Crippen LogP contribution in [0.4, 0.5) is 72.8 Å². The van der Waals surface area contributed by atoms with Gasteiger partial charge in [0.2, 0.25) is 0 Å². The second-order valence-corrected chi connectivity index (χ2v) is 9.78.